The minimum Gasteiger partial charge on any atom is -0.315 e. The molecule has 3 heteroatoms. The summed E-state index contributed by atoms with van der Waals surface area (Å²) in [6, 6.07) is 9.18. The fraction of sp³-hybridized carbons (Fsp3) is 0.385. The molecule has 1 rings (SSSR count). The van der Waals surface area contributed by atoms with Gasteiger partial charge in [0.15, 0.2) is 0 Å². The van der Waals surface area contributed by atoms with Crippen LogP contribution in [0.2, 0.25) is 0 Å². The Hall–Kier alpha value is -1.48. The Morgan fingerprint density at radius 3 is 2.75 bits per heavy atom. The Kier molecular flexibility index (Phi) is 6.11. The second-order valence-electron chi connectivity index (χ2n) is 3.52. The molecule has 0 unspecified atom stereocenters. The van der Waals surface area contributed by atoms with Crippen LogP contribution in [0.1, 0.15) is 23.7 Å². The zero-order valence-electron chi connectivity index (χ0n) is 9.65. The first kappa shape index (κ1) is 12.6. The molecule has 0 atom stereocenters. The minimum atomic E-state index is -0.0314. The van der Waals surface area contributed by atoms with Crippen LogP contribution < -0.4 is 5.32 Å². The van der Waals surface area contributed by atoms with Crippen molar-refractivity contribution in [2.75, 3.05) is 19.6 Å². The van der Waals surface area contributed by atoms with Crippen LogP contribution in [0.4, 0.5) is 0 Å². The Labute approximate surface area is 96.6 Å². The van der Waals surface area contributed by atoms with Crippen molar-refractivity contribution in [3.05, 3.63) is 35.9 Å². The number of nitrogens with zero attached hydrogens (tertiary/aromatic N) is 1. The van der Waals surface area contributed by atoms with E-state index in [0.717, 1.165) is 19.5 Å². The van der Waals surface area contributed by atoms with E-state index in [0.29, 0.717) is 12.1 Å². The topological polar surface area (TPSA) is 41.5 Å². The summed E-state index contributed by atoms with van der Waals surface area (Å²) in [4.78, 5) is 15.6. The van der Waals surface area contributed by atoms with Crippen LogP contribution in [0.5, 0.6) is 0 Å². The Morgan fingerprint density at radius 2 is 2.06 bits per heavy atom. The minimum absolute atomic E-state index is 0.0314. The zero-order chi connectivity index (χ0) is 11.6. The van der Waals surface area contributed by atoms with Gasteiger partial charge < -0.3 is 5.32 Å². The van der Waals surface area contributed by atoms with E-state index in [1.54, 1.807) is 12.1 Å². The molecule has 1 aromatic carbocycles. The SMILES string of the molecule is CCCNCCN=CC(=O)c1ccccc1. The predicted molar refractivity (Wildman–Crippen MR) is 67.3 cm³/mol. The van der Waals surface area contributed by atoms with Gasteiger partial charge in [0.1, 0.15) is 0 Å². The second kappa shape index (κ2) is 7.77. The Bertz CT molecular complexity index is 333. The number of benzene rings is 1. The molecule has 0 radical (unpaired) electrons. The third-order valence-electron chi connectivity index (χ3n) is 2.11. The van der Waals surface area contributed by atoms with E-state index in [1.807, 2.05) is 18.2 Å². The normalized spacial score (nSPS) is 10.8. The van der Waals surface area contributed by atoms with Crippen LogP contribution in [0.15, 0.2) is 35.3 Å². The van der Waals surface area contributed by atoms with Gasteiger partial charge in [0.25, 0.3) is 0 Å². The summed E-state index contributed by atoms with van der Waals surface area (Å²) in [7, 11) is 0. The molecule has 0 amide bonds. The van der Waals surface area contributed by atoms with E-state index in [2.05, 4.69) is 17.2 Å². The molecule has 0 aromatic heterocycles. The van der Waals surface area contributed by atoms with E-state index in [4.69, 9.17) is 0 Å². The van der Waals surface area contributed by atoms with E-state index >= 15 is 0 Å². The molecular formula is C13H18N2O. The summed E-state index contributed by atoms with van der Waals surface area (Å²) < 4.78 is 0. The smallest absolute Gasteiger partial charge is 0.203 e. The monoisotopic (exact) mass is 218 g/mol. The third-order valence-corrected chi connectivity index (χ3v) is 2.11. The third kappa shape index (κ3) is 4.84. The lowest BCUT2D eigenvalue weighted by atomic mass is 10.1. The maximum atomic E-state index is 11.6. The second-order valence-corrected chi connectivity index (χ2v) is 3.52. The van der Waals surface area contributed by atoms with Gasteiger partial charge in [0, 0.05) is 12.1 Å². The number of hydrogen-bond donors (Lipinski definition) is 1. The number of hydrogen-bond acceptors (Lipinski definition) is 3. The summed E-state index contributed by atoms with van der Waals surface area (Å²) in [5.41, 5.74) is 0.688. The maximum Gasteiger partial charge on any atom is 0.203 e. The number of nitrogens with one attached hydrogen (secondary N) is 1. The number of aliphatic imine (C=N–C) groups is 1. The van der Waals surface area contributed by atoms with Crippen LogP contribution in [-0.2, 0) is 0 Å². The first-order valence-electron chi connectivity index (χ1n) is 5.64. The van der Waals surface area contributed by atoms with E-state index in [9.17, 15) is 4.79 Å². The quantitative estimate of drug-likeness (QED) is 0.431. The van der Waals surface area contributed by atoms with Crippen molar-refractivity contribution in [3.63, 3.8) is 0 Å². The standard InChI is InChI=1S/C13H18N2O/c1-2-8-14-9-10-15-11-13(16)12-6-4-3-5-7-12/h3-7,11,14H,2,8-10H2,1H3. The van der Waals surface area contributed by atoms with Crippen LogP contribution in [0, 0.1) is 0 Å². The highest BCUT2D eigenvalue weighted by Crippen LogP contribution is 1.97. The van der Waals surface area contributed by atoms with Gasteiger partial charge in [-0.1, -0.05) is 37.3 Å². The van der Waals surface area contributed by atoms with E-state index in [-0.39, 0.29) is 5.78 Å². The summed E-state index contributed by atoms with van der Waals surface area (Å²) in [5.74, 6) is -0.0314. The lowest BCUT2D eigenvalue weighted by Gasteiger charge is -1.98. The first-order chi connectivity index (χ1) is 7.84. The number of rotatable bonds is 7. The molecule has 0 fully saturated rings. The van der Waals surface area contributed by atoms with Gasteiger partial charge in [0.05, 0.1) is 12.8 Å². The van der Waals surface area contributed by atoms with Gasteiger partial charge in [-0.2, -0.15) is 0 Å². The molecule has 1 aromatic rings. The van der Waals surface area contributed by atoms with Gasteiger partial charge in [0.2, 0.25) is 5.78 Å². The average Bonchev–Trinajstić information content (AvgIpc) is 2.34. The van der Waals surface area contributed by atoms with Crippen molar-refractivity contribution >= 4 is 12.0 Å². The Morgan fingerprint density at radius 1 is 1.31 bits per heavy atom. The van der Waals surface area contributed by atoms with Gasteiger partial charge >= 0.3 is 0 Å². The molecular weight excluding hydrogens is 200 g/mol. The molecule has 3 nitrogen and oxygen atoms in total. The van der Waals surface area contributed by atoms with E-state index in [1.165, 1.54) is 6.21 Å². The Balaban J connectivity index is 2.27. The molecule has 0 saturated heterocycles. The largest absolute Gasteiger partial charge is 0.315 e. The molecule has 1 N–H and O–H groups in total. The fourth-order valence-electron chi connectivity index (χ4n) is 1.27. The lowest BCUT2D eigenvalue weighted by molar-refractivity contribution is 0.107. The lowest BCUT2D eigenvalue weighted by Crippen LogP contribution is -2.18. The summed E-state index contributed by atoms with van der Waals surface area (Å²) in [6.07, 6.45) is 2.52. The van der Waals surface area contributed by atoms with Crippen LogP contribution in [-0.4, -0.2) is 31.6 Å². The number of Topliss-reactive ketones (excluding diaryl/α,β-unsaturated/α-hetero) is 1. The van der Waals surface area contributed by atoms with Crippen molar-refractivity contribution in [1.82, 2.24) is 5.32 Å². The van der Waals surface area contributed by atoms with E-state index < -0.39 is 0 Å². The summed E-state index contributed by atoms with van der Waals surface area (Å²) >= 11 is 0. The zero-order valence-corrected chi connectivity index (χ0v) is 9.65. The van der Waals surface area contributed by atoms with Crippen molar-refractivity contribution < 1.29 is 4.79 Å². The first-order valence-corrected chi connectivity index (χ1v) is 5.64. The van der Waals surface area contributed by atoms with Crippen molar-refractivity contribution in [3.8, 4) is 0 Å². The average molecular weight is 218 g/mol. The number of ketones is 1. The molecule has 0 saturated carbocycles. The highest BCUT2D eigenvalue weighted by atomic mass is 16.1. The molecule has 0 bridgehead atoms. The molecule has 86 valence electrons. The predicted octanol–water partition coefficient (Wildman–Crippen LogP) is 1.94. The van der Waals surface area contributed by atoms with Gasteiger partial charge in [-0.15, -0.1) is 0 Å². The van der Waals surface area contributed by atoms with Crippen molar-refractivity contribution in [2.24, 2.45) is 4.99 Å². The highest BCUT2D eigenvalue weighted by molar-refractivity contribution is 6.35. The van der Waals surface area contributed by atoms with Crippen LogP contribution >= 0.6 is 0 Å². The van der Waals surface area contributed by atoms with Gasteiger partial charge in [-0.3, -0.25) is 9.79 Å². The summed E-state index contributed by atoms with van der Waals surface area (Å²) in [5, 5.41) is 3.22. The van der Waals surface area contributed by atoms with Crippen LogP contribution in [0.25, 0.3) is 0 Å². The molecule has 0 aliphatic carbocycles. The van der Waals surface area contributed by atoms with Crippen molar-refractivity contribution in [2.45, 2.75) is 13.3 Å². The molecule has 0 spiro atoms. The summed E-state index contributed by atoms with van der Waals surface area (Å²) in [6.45, 7) is 4.60. The van der Waals surface area contributed by atoms with Crippen LogP contribution in [0.3, 0.4) is 0 Å². The molecule has 0 aliphatic heterocycles. The van der Waals surface area contributed by atoms with Gasteiger partial charge in [-0.05, 0) is 13.0 Å². The molecule has 0 aliphatic rings. The highest BCUT2D eigenvalue weighted by Gasteiger charge is 1.99. The number of carbonyl (C=O) groups excluding carboxylic acids is 1. The fourth-order valence-corrected chi connectivity index (χ4v) is 1.27. The number of carbonyl (C=O) groups is 1. The van der Waals surface area contributed by atoms with Gasteiger partial charge in [-0.25, -0.2) is 0 Å². The molecule has 16 heavy (non-hydrogen) atoms. The maximum absolute atomic E-state index is 11.6. The van der Waals surface area contributed by atoms with Crippen molar-refractivity contribution in [1.29, 1.82) is 0 Å². The molecule has 0 heterocycles.